The lowest BCUT2D eigenvalue weighted by atomic mass is 9.87. The molecule has 0 amide bonds. The molecule has 514 valence electrons. The predicted molar refractivity (Wildman–Crippen MR) is 472 cm³/mol. The summed E-state index contributed by atoms with van der Waals surface area (Å²) in [6.07, 6.45) is 23.2. The van der Waals surface area contributed by atoms with Crippen LogP contribution in [0.3, 0.4) is 0 Å². The van der Waals surface area contributed by atoms with Gasteiger partial charge in [0.15, 0.2) is 0 Å². The predicted octanol–water partition coefficient (Wildman–Crippen LogP) is 29.7. The van der Waals surface area contributed by atoms with Gasteiger partial charge in [-0.1, -0.05) is 328 Å². The molecule has 0 bridgehead atoms. The van der Waals surface area contributed by atoms with Crippen LogP contribution < -0.4 is 0 Å². The monoisotopic (exact) mass is 1400 g/mol. The van der Waals surface area contributed by atoms with Crippen molar-refractivity contribution in [2.45, 2.75) is 37.5 Å². The molecule has 2 nitrogen and oxygen atoms in total. The summed E-state index contributed by atoms with van der Waals surface area (Å²) in [4.78, 5) is 0. The fourth-order valence-electron chi connectivity index (χ4n) is 19.7. The van der Waals surface area contributed by atoms with Crippen molar-refractivity contribution in [1.82, 2.24) is 9.13 Å². The van der Waals surface area contributed by atoms with Gasteiger partial charge >= 0.3 is 0 Å². The molecule has 3 aliphatic carbocycles. The molecular weight excluding hydrogens is 1330 g/mol. The van der Waals surface area contributed by atoms with Gasteiger partial charge in [0.05, 0.1) is 22.1 Å². The first-order valence-electron chi connectivity index (χ1n) is 39.1. The first kappa shape index (κ1) is 62.5. The topological polar surface area (TPSA) is 9.86 Å². The molecule has 20 aromatic rings. The minimum Gasteiger partial charge on any atom is -0.309 e. The Kier molecular flexibility index (Phi) is 14.2. The van der Waals surface area contributed by atoms with Crippen LogP contribution in [0.25, 0.3) is 196 Å². The highest BCUT2D eigenvalue weighted by molar-refractivity contribution is 6.40. The van der Waals surface area contributed by atoms with Gasteiger partial charge in [-0.05, 0) is 216 Å². The second kappa shape index (κ2) is 25.0. The third-order valence-electron chi connectivity index (χ3n) is 24.8. The van der Waals surface area contributed by atoms with Crippen molar-refractivity contribution in [2.24, 2.45) is 0 Å². The van der Waals surface area contributed by atoms with E-state index in [0.717, 1.165) is 25.7 Å². The number of hydrogen-bond acceptors (Lipinski definition) is 0. The molecule has 2 atom stereocenters. The molecule has 18 aromatic carbocycles. The highest BCUT2D eigenvalue weighted by Crippen LogP contribution is 2.52. The molecule has 0 fully saturated rings. The lowest BCUT2D eigenvalue weighted by molar-refractivity contribution is 0.849. The normalized spacial score (nSPS) is 15.5. The van der Waals surface area contributed by atoms with E-state index in [9.17, 15) is 0 Å². The number of hydrogen-bond donors (Lipinski definition) is 0. The third-order valence-corrected chi connectivity index (χ3v) is 24.8. The number of benzene rings is 18. The van der Waals surface area contributed by atoms with Crippen LogP contribution in [-0.2, 0) is 0 Å². The van der Waals surface area contributed by atoms with Gasteiger partial charge in [-0.3, -0.25) is 0 Å². The SMILES string of the molecule is C1=CC(c2ccccc2)CC=C1c1ccc(C2C=CC(n3c4ccccc4c4c5c6ccccc6c(-c6ccc(-c7ccc8c9ccc(C%10=CC(n%11c%12ccccc%12c%12c%13c%14ccccc%14c(-c%14ccccc%14)cc%13c%13ccccc%13c%12%11)=CCC%10)cc9c9ccccc9c8c7)cc6)cc5c5ccccc5c43)=CC2)cc1. The van der Waals surface area contributed by atoms with Gasteiger partial charge in [0.25, 0.3) is 0 Å². The fourth-order valence-corrected chi connectivity index (χ4v) is 19.7. The molecule has 0 aliphatic heterocycles. The number of allylic oxidation sites excluding steroid dienone is 12. The Balaban J connectivity index is 0.581. The third kappa shape index (κ3) is 9.68. The summed E-state index contributed by atoms with van der Waals surface area (Å²) in [6, 6.07) is 124. The van der Waals surface area contributed by atoms with Crippen molar-refractivity contribution < 1.29 is 0 Å². The molecule has 2 heterocycles. The maximum absolute atomic E-state index is 2.58. The van der Waals surface area contributed by atoms with E-state index in [1.54, 1.807) is 0 Å². The molecule has 0 radical (unpaired) electrons. The number of nitrogens with zero attached hydrogens (tertiary/aromatic N) is 2. The van der Waals surface area contributed by atoms with Gasteiger partial charge in [-0.2, -0.15) is 0 Å². The molecule has 0 saturated heterocycles. The summed E-state index contributed by atoms with van der Waals surface area (Å²) in [5.41, 5.74) is 22.7. The Bertz CT molecular complexity index is 7520. The van der Waals surface area contributed by atoms with Gasteiger partial charge in [-0.25, -0.2) is 0 Å². The molecular formula is C108H72N2. The highest BCUT2D eigenvalue weighted by atomic mass is 15.0. The first-order valence-corrected chi connectivity index (χ1v) is 39.1. The van der Waals surface area contributed by atoms with Crippen LogP contribution in [0.15, 0.2) is 376 Å². The van der Waals surface area contributed by atoms with Gasteiger partial charge in [0, 0.05) is 66.3 Å². The Hall–Kier alpha value is -13.7. The number of fused-ring (bicyclic) bond motifs is 26. The van der Waals surface area contributed by atoms with Crippen LogP contribution in [0.4, 0.5) is 0 Å². The number of aromatic nitrogens is 2. The van der Waals surface area contributed by atoms with Crippen LogP contribution in [-0.4, -0.2) is 9.13 Å². The van der Waals surface area contributed by atoms with Crippen LogP contribution in [0, 0.1) is 0 Å². The van der Waals surface area contributed by atoms with Gasteiger partial charge in [-0.15, -0.1) is 0 Å². The Morgan fingerprint density at radius 3 is 1.20 bits per heavy atom. The number of rotatable bonds is 9. The average Bonchev–Trinajstić information content (AvgIpc) is 1.50. The van der Waals surface area contributed by atoms with E-state index in [1.807, 2.05) is 0 Å². The lowest BCUT2D eigenvalue weighted by Gasteiger charge is -2.20. The van der Waals surface area contributed by atoms with Crippen LogP contribution in [0.1, 0.15) is 59.8 Å². The van der Waals surface area contributed by atoms with Gasteiger partial charge in [0.2, 0.25) is 0 Å². The van der Waals surface area contributed by atoms with Crippen molar-refractivity contribution >= 4 is 163 Å². The molecule has 0 N–H and O–H groups in total. The second-order valence-corrected chi connectivity index (χ2v) is 30.6. The summed E-state index contributed by atoms with van der Waals surface area (Å²) < 4.78 is 5.14. The minimum absolute atomic E-state index is 0.292. The summed E-state index contributed by atoms with van der Waals surface area (Å²) in [7, 11) is 0. The summed E-state index contributed by atoms with van der Waals surface area (Å²) in [6.45, 7) is 0. The molecule has 0 saturated carbocycles. The van der Waals surface area contributed by atoms with Crippen LogP contribution in [0.2, 0.25) is 0 Å². The zero-order chi connectivity index (χ0) is 72.1. The molecule has 3 aliphatic rings. The maximum Gasteiger partial charge on any atom is 0.0626 e. The van der Waals surface area contributed by atoms with E-state index in [4.69, 9.17) is 0 Å². The molecule has 2 unspecified atom stereocenters. The smallest absolute Gasteiger partial charge is 0.0626 e. The Labute approximate surface area is 637 Å². The quantitative estimate of drug-likeness (QED) is 0.128. The summed E-state index contributed by atoms with van der Waals surface area (Å²) in [5, 5.41) is 28.1. The van der Waals surface area contributed by atoms with Crippen LogP contribution >= 0.6 is 0 Å². The number of para-hydroxylation sites is 2. The molecule has 2 aromatic heterocycles. The highest BCUT2D eigenvalue weighted by Gasteiger charge is 2.27. The van der Waals surface area contributed by atoms with E-state index >= 15 is 0 Å². The lowest BCUT2D eigenvalue weighted by Crippen LogP contribution is -2.03. The minimum atomic E-state index is 0.292. The van der Waals surface area contributed by atoms with E-state index in [0.29, 0.717) is 11.8 Å². The Morgan fingerprint density at radius 2 is 0.655 bits per heavy atom. The second-order valence-electron chi connectivity index (χ2n) is 30.6. The van der Waals surface area contributed by atoms with Crippen molar-refractivity contribution in [1.29, 1.82) is 0 Å². The van der Waals surface area contributed by atoms with E-state index < -0.39 is 0 Å². The van der Waals surface area contributed by atoms with Crippen LogP contribution in [0.5, 0.6) is 0 Å². The first-order chi connectivity index (χ1) is 54.6. The maximum atomic E-state index is 2.58. The fraction of sp³-hybridized carbons (Fsp3) is 0.0556. The standard InChI is InChI=1S/C108H72N2/c1-3-22-67(23-4-1)68-42-44-69(45-43-68)70-46-48-71(49-47-70)72-54-58-79(59-55-72)109-101-40-19-17-38-93(101)105-103-90-35-14-10-31-84(90)96(66-100(103)85-32-11-15-36-91(85)107(105)109)75-52-50-73(51-53-75)77-56-60-87-88-61-57-78(64-98(88)82-29-8-7-28-81(82)97(87)63-77)76-26-21-27-80(62-76)110-102-41-20-18-39-94(102)106-104-89-34-13-9-30-83(89)95(74-24-5-2-6-25-74)65-99(104)86-33-12-16-37-92(86)108(106)110/h1-20,22-25,27-42,44-54,56-66,68,72H,21,26,43,55H2. The van der Waals surface area contributed by atoms with E-state index in [1.165, 1.54) is 219 Å². The Morgan fingerprint density at radius 1 is 0.245 bits per heavy atom. The molecule has 0 spiro atoms. The zero-order valence-electron chi connectivity index (χ0n) is 60.7. The van der Waals surface area contributed by atoms with E-state index in [-0.39, 0.29) is 0 Å². The largest absolute Gasteiger partial charge is 0.309 e. The van der Waals surface area contributed by atoms with E-state index in [2.05, 4.69) is 385 Å². The van der Waals surface area contributed by atoms with Crippen molar-refractivity contribution in [3.8, 4) is 33.4 Å². The summed E-state index contributed by atoms with van der Waals surface area (Å²) >= 11 is 0. The van der Waals surface area contributed by atoms with Crippen molar-refractivity contribution in [2.75, 3.05) is 0 Å². The average molecular weight is 1400 g/mol. The molecule has 110 heavy (non-hydrogen) atoms. The molecule has 2 heteroatoms. The van der Waals surface area contributed by atoms with Gasteiger partial charge in [0.1, 0.15) is 0 Å². The molecule has 23 rings (SSSR count). The van der Waals surface area contributed by atoms with Crippen molar-refractivity contribution in [3.63, 3.8) is 0 Å². The summed E-state index contributed by atoms with van der Waals surface area (Å²) in [5.74, 6) is 0.722. The van der Waals surface area contributed by atoms with Crippen molar-refractivity contribution in [3.05, 3.63) is 398 Å². The zero-order valence-corrected chi connectivity index (χ0v) is 60.7. The van der Waals surface area contributed by atoms with Gasteiger partial charge < -0.3 is 9.13 Å².